The number of hydrogen-bond acceptors (Lipinski definition) is 6. The van der Waals surface area contributed by atoms with Gasteiger partial charge in [-0.3, -0.25) is 19.7 Å². The second-order valence-corrected chi connectivity index (χ2v) is 9.25. The van der Waals surface area contributed by atoms with Crippen LogP contribution in [-0.4, -0.2) is 33.5 Å². The molecular weight excluding hydrogens is 436 g/mol. The van der Waals surface area contributed by atoms with E-state index in [9.17, 15) is 19.7 Å². The van der Waals surface area contributed by atoms with Gasteiger partial charge in [-0.2, -0.15) is 5.10 Å². The third kappa shape index (κ3) is 4.41. The molecule has 1 amide bonds. The molecular formula is C25H26N4O5. The van der Waals surface area contributed by atoms with Crippen molar-refractivity contribution in [1.29, 1.82) is 0 Å². The van der Waals surface area contributed by atoms with Crippen LogP contribution < -0.4 is 10.1 Å². The van der Waals surface area contributed by atoms with Gasteiger partial charge < -0.3 is 10.1 Å². The monoisotopic (exact) mass is 462 g/mol. The molecule has 0 aliphatic heterocycles. The number of carbonyl (C=O) groups is 2. The summed E-state index contributed by atoms with van der Waals surface area (Å²) >= 11 is 0. The van der Waals surface area contributed by atoms with Crippen molar-refractivity contribution in [1.82, 2.24) is 15.1 Å². The average molecular weight is 463 g/mol. The molecule has 2 aromatic carbocycles. The molecule has 1 N–H and O–H groups in total. The molecule has 0 spiro atoms. The van der Waals surface area contributed by atoms with Crippen LogP contribution in [0, 0.1) is 22.5 Å². The van der Waals surface area contributed by atoms with Crippen molar-refractivity contribution < 1.29 is 19.2 Å². The van der Waals surface area contributed by atoms with Gasteiger partial charge >= 0.3 is 0 Å². The summed E-state index contributed by atoms with van der Waals surface area (Å²) in [7, 11) is 1.58. The van der Waals surface area contributed by atoms with E-state index in [2.05, 4.69) is 10.4 Å². The number of nitrogens with zero attached hydrogens (tertiary/aromatic N) is 3. The fourth-order valence-corrected chi connectivity index (χ4v) is 4.36. The van der Waals surface area contributed by atoms with Gasteiger partial charge in [-0.05, 0) is 48.6 Å². The highest BCUT2D eigenvalue weighted by atomic mass is 16.6. The van der Waals surface area contributed by atoms with Crippen LogP contribution in [0.5, 0.6) is 5.75 Å². The van der Waals surface area contributed by atoms with E-state index in [1.807, 2.05) is 26.0 Å². The number of nitro benzene ring substituents is 1. The lowest BCUT2D eigenvalue weighted by molar-refractivity contribution is -0.384. The number of rotatable bonds is 6. The first kappa shape index (κ1) is 23.2. The minimum absolute atomic E-state index is 0.00724. The maximum atomic E-state index is 12.7. The van der Waals surface area contributed by atoms with Crippen molar-refractivity contribution in [2.24, 2.45) is 5.41 Å². The molecule has 1 heterocycles. The highest BCUT2D eigenvalue weighted by Gasteiger charge is 2.36. The summed E-state index contributed by atoms with van der Waals surface area (Å²) in [5.41, 5.74) is 2.48. The molecule has 34 heavy (non-hydrogen) atoms. The zero-order chi connectivity index (χ0) is 24.6. The van der Waals surface area contributed by atoms with Gasteiger partial charge in [-0.1, -0.05) is 26.0 Å². The number of methoxy groups -OCH3 is 1. The summed E-state index contributed by atoms with van der Waals surface area (Å²) in [4.78, 5) is 36.8. The zero-order valence-electron chi connectivity index (χ0n) is 19.5. The molecule has 0 saturated heterocycles. The van der Waals surface area contributed by atoms with E-state index in [-0.39, 0.29) is 34.7 Å². The molecule has 0 saturated carbocycles. The molecule has 9 nitrogen and oxygen atoms in total. The molecule has 9 heteroatoms. The molecule has 0 unspecified atom stereocenters. The standard InChI is InChI=1S/C25H26N4O5/c1-15-23-21(12-25(2,3)13-22(23)30)28(27-15)19-10-7-17(11-20(19)29(32)33)24(31)26-14-16-5-8-18(34-4)9-6-16/h5-11H,12-14H2,1-4H3,(H,26,31). The van der Waals surface area contributed by atoms with Crippen LogP contribution in [0.15, 0.2) is 42.5 Å². The predicted octanol–water partition coefficient (Wildman–Crippen LogP) is 4.18. The molecule has 0 bridgehead atoms. The Morgan fingerprint density at radius 2 is 1.91 bits per heavy atom. The molecule has 4 rings (SSSR count). The number of aromatic nitrogens is 2. The van der Waals surface area contributed by atoms with E-state index in [1.165, 1.54) is 22.9 Å². The van der Waals surface area contributed by atoms with Crippen molar-refractivity contribution in [2.45, 2.75) is 40.2 Å². The number of ether oxygens (including phenoxy) is 1. The molecule has 3 aromatic rings. The minimum atomic E-state index is -0.533. The Labute approximate surface area is 196 Å². The third-order valence-electron chi connectivity index (χ3n) is 5.99. The van der Waals surface area contributed by atoms with E-state index in [1.54, 1.807) is 26.2 Å². The highest BCUT2D eigenvalue weighted by Crippen LogP contribution is 2.38. The SMILES string of the molecule is COc1ccc(CNC(=O)c2ccc(-n3nc(C)c4c3CC(C)(C)CC4=O)c([N+](=O)[O-])c2)cc1. The van der Waals surface area contributed by atoms with Crippen LogP contribution in [0.3, 0.4) is 0 Å². The van der Waals surface area contributed by atoms with Crippen LogP contribution in [-0.2, 0) is 13.0 Å². The van der Waals surface area contributed by atoms with Gasteiger partial charge in [0.05, 0.1) is 29.0 Å². The fourth-order valence-electron chi connectivity index (χ4n) is 4.36. The Morgan fingerprint density at radius 3 is 2.56 bits per heavy atom. The highest BCUT2D eigenvalue weighted by molar-refractivity contribution is 6.00. The first-order valence-electron chi connectivity index (χ1n) is 10.9. The van der Waals surface area contributed by atoms with Gasteiger partial charge in [0.2, 0.25) is 0 Å². The molecule has 1 aliphatic rings. The number of hydrogen-bond donors (Lipinski definition) is 1. The Morgan fingerprint density at radius 1 is 1.21 bits per heavy atom. The van der Waals surface area contributed by atoms with E-state index in [0.717, 1.165) is 5.56 Å². The van der Waals surface area contributed by atoms with Gasteiger partial charge in [0.25, 0.3) is 11.6 Å². The molecule has 1 aromatic heterocycles. The lowest BCUT2D eigenvalue weighted by Crippen LogP contribution is -2.28. The van der Waals surface area contributed by atoms with E-state index >= 15 is 0 Å². The van der Waals surface area contributed by atoms with Gasteiger partial charge in [0, 0.05) is 24.6 Å². The number of aryl methyl sites for hydroxylation is 1. The summed E-state index contributed by atoms with van der Waals surface area (Å²) < 4.78 is 6.61. The van der Waals surface area contributed by atoms with Crippen molar-refractivity contribution in [2.75, 3.05) is 7.11 Å². The topological polar surface area (TPSA) is 116 Å². The number of amides is 1. The normalized spacial score (nSPS) is 14.4. The van der Waals surface area contributed by atoms with Gasteiger partial charge in [0.15, 0.2) is 5.78 Å². The lowest BCUT2D eigenvalue weighted by atomic mass is 9.75. The summed E-state index contributed by atoms with van der Waals surface area (Å²) in [5.74, 6) is 0.273. The number of nitrogens with one attached hydrogen (secondary N) is 1. The number of ketones is 1. The number of nitro groups is 1. The summed E-state index contributed by atoms with van der Waals surface area (Å²) in [5, 5.41) is 19.2. The molecule has 0 atom stereocenters. The smallest absolute Gasteiger partial charge is 0.295 e. The Balaban J connectivity index is 1.64. The number of benzene rings is 2. The third-order valence-corrected chi connectivity index (χ3v) is 5.99. The minimum Gasteiger partial charge on any atom is -0.497 e. The maximum Gasteiger partial charge on any atom is 0.295 e. The molecule has 176 valence electrons. The summed E-state index contributed by atoms with van der Waals surface area (Å²) in [6.07, 6.45) is 0.970. The van der Waals surface area contributed by atoms with E-state index < -0.39 is 10.8 Å². The lowest BCUT2D eigenvalue weighted by Gasteiger charge is -2.29. The Kier molecular flexibility index (Phi) is 5.95. The largest absolute Gasteiger partial charge is 0.497 e. The number of fused-ring (bicyclic) bond motifs is 1. The fraction of sp³-hybridized carbons (Fsp3) is 0.320. The van der Waals surface area contributed by atoms with Gasteiger partial charge in [0.1, 0.15) is 11.4 Å². The van der Waals surface area contributed by atoms with Gasteiger partial charge in [-0.15, -0.1) is 0 Å². The second kappa shape index (κ2) is 8.74. The van der Waals surface area contributed by atoms with Crippen LogP contribution in [0.25, 0.3) is 5.69 Å². The van der Waals surface area contributed by atoms with Crippen LogP contribution in [0.2, 0.25) is 0 Å². The molecule has 1 aliphatic carbocycles. The van der Waals surface area contributed by atoms with E-state index in [4.69, 9.17) is 4.74 Å². The summed E-state index contributed by atoms with van der Waals surface area (Å²) in [6.45, 7) is 5.98. The van der Waals surface area contributed by atoms with Crippen LogP contribution in [0.4, 0.5) is 5.69 Å². The van der Waals surface area contributed by atoms with Crippen molar-refractivity contribution in [3.63, 3.8) is 0 Å². The van der Waals surface area contributed by atoms with E-state index in [0.29, 0.717) is 35.5 Å². The maximum absolute atomic E-state index is 12.7. The number of Topliss-reactive ketones (excluding diaryl/α,β-unsaturated/α-hetero) is 1. The van der Waals surface area contributed by atoms with Crippen molar-refractivity contribution in [3.8, 4) is 11.4 Å². The molecule has 0 radical (unpaired) electrons. The van der Waals surface area contributed by atoms with Crippen LogP contribution in [0.1, 0.15) is 57.9 Å². The van der Waals surface area contributed by atoms with Crippen molar-refractivity contribution in [3.05, 3.63) is 80.7 Å². The summed E-state index contributed by atoms with van der Waals surface area (Å²) in [6, 6.07) is 11.5. The average Bonchev–Trinajstić information content (AvgIpc) is 3.12. The van der Waals surface area contributed by atoms with Crippen molar-refractivity contribution >= 4 is 17.4 Å². The number of carbonyl (C=O) groups excluding carboxylic acids is 2. The second-order valence-electron chi connectivity index (χ2n) is 9.25. The first-order valence-corrected chi connectivity index (χ1v) is 10.9. The van der Waals surface area contributed by atoms with Crippen LogP contribution >= 0.6 is 0 Å². The van der Waals surface area contributed by atoms with Gasteiger partial charge in [-0.25, -0.2) is 4.68 Å². The quantitative estimate of drug-likeness (QED) is 0.434. The zero-order valence-corrected chi connectivity index (χ0v) is 19.5. The first-order chi connectivity index (χ1) is 16.1. The Bertz CT molecular complexity index is 1290. The molecule has 0 fully saturated rings. The predicted molar refractivity (Wildman–Crippen MR) is 126 cm³/mol. The Hall–Kier alpha value is -4.01.